The van der Waals surface area contributed by atoms with E-state index in [0.717, 1.165) is 0 Å². The Hall–Kier alpha value is -1.05. The number of nitrogens with two attached hydrogens (primary N) is 1. The molecule has 0 spiro atoms. The van der Waals surface area contributed by atoms with Crippen molar-refractivity contribution in [1.82, 2.24) is 4.72 Å². The molecule has 1 aromatic carbocycles. The van der Waals surface area contributed by atoms with E-state index >= 15 is 0 Å². The summed E-state index contributed by atoms with van der Waals surface area (Å²) in [6.07, 6.45) is 0. The van der Waals surface area contributed by atoms with Gasteiger partial charge in [-0.15, -0.1) is 0 Å². The van der Waals surface area contributed by atoms with Gasteiger partial charge in [-0.05, 0) is 31.2 Å². The molecule has 0 aliphatic carbocycles. The Morgan fingerprint density at radius 3 is 2.52 bits per heavy atom. The van der Waals surface area contributed by atoms with Crippen LogP contribution < -0.4 is 10.5 Å². The summed E-state index contributed by atoms with van der Waals surface area (Å²) in [5, 5.41) is 0.372. The molecule has 0 aliphatic heterocycles. The maximum atomic E-state index is 12.3. The van der Waals surface area contributed by atoms with Crippen LogP contribution in [0.3, 0.4) is 0 Å². The average Bonchev–Trinajstić information content (AvgIpc) is 2.83. The van der Waals surface area contributed by atoms with E-state index in [2.05, 4.69) is 4.72 Å². The Bertz CT molecular complexity index is 757. The standard InChI is InChI=1S/C13H14Cl2N2O3S/c1-8-2-3-9(20-8)7-17-21(18,19)12-5-4-11(14)10(6-16)13(12)15/h2-5,17H,6-7,16H2,1H3. The molecule has 0 saturated heterocycles. The molecule has 0 atom stereocenters. The predicted octanol–water partition coefficient (Wildman–Crippen LogP) is 2.83. The van der Waals surface area contributed by atoms with Gasteiger partial charge >= 0.3 is 0 Å². The molecule has 3 N–H and O–H groups in total. The minimum Gasteiger partial charge on any atom is -0.465 e. The van der Waals surface area contributed by atoms with Gasteiger partial charge in [0.1, 0.15) is 16.4 Å². The summed E-state index contributed by atoms with van der Waals surface area (Å²) in [5.74, 6) is 1.22. The summed E-state index contributed by atoms with van der Waals surface area (Å²) in [4.78, 5) is -0.0581. The van der Waals surface area contributed by atoms with E-state index in [0.29, 0.717) is 22.1 Å². The molecule has 5 nitrogen and oxygen atoms in total. The van der Waals surface area contributed by atoms with E-state index in [4.69, 9.17) is 33.4 Å². The van der Waals surface area contributed by atoms with Gasteiger partial charge in [0.15, 0.2) is 0 Å². The Morgan fingerprint density at radius 1 is 1.24 bits per heavy atom. The molecule has 2 aromatic rings. The van der Waals surface area contributed by atoms with Gasteiger partial charge in [-0.25, -0.2) is 13.1 Å². The molecule has 0 amide bonds. The van der Waals surface area contributed by atoms with Crippen molar-refractivity contribution in [2.24, 2.45) is 5.73 Å². The van der Waals surface area contributed by atoms with Gasteiger partial charge < -0.3 is 10.2 Å². The Morgan fingerprint density at radius 2 is 1.95 bits per heavy atom. The Balaban J connectivity index is 2.27. The van der Waals surface area contributed by atoms with Crippen LogP contribution in [0.15, 0.2) is 33.6 Å². The molecular weight excluding hydrogens is 335 g/mol. The maximum absolute atomic E-state index is 12.3. The second-order valence-corrected chi connectivity index (χ2v) is 6.90. The van der Waals surface area contributed by atoms with Crippen molar-refractivity contribution >= 4 is 33.2 Å². The molecule has 114 valence electrons. The first-order valence-electron chi connectivity index (χ1n) is 6.07. The predicted molar refractivity (Wildman–Crippen MR) is 81.8 cm³/mol. The third-order valence-electron chi connectivity index (χ3n) is 2.88. The molecule has 21 heavy (non-hydrogen) atoms. The van der Waals surface area contributed by atoms with Crippen LogP contribution in [-0.2, 0) is 23.1 Å². The van der Waals surface area contributed by atoms with Gasteiger partial charge in [0.25, 0.3) is 0 Å². The molecule has 0 saturated carbocycles. The van der Waals surface area contributed by atoms with Gasteiger partial charge in [0.2, 0.25) is 10.0 Å². The molecule has 0 unspecified atom stereocenters. The Labute approximate surface area is 133 Å². The first-order valence-corrected chi connectivity index (χ1v) is 8.31. The number of aryl methyl sites for hydroxylation is 1. The van der Waals surface area contributed by atoms with Crippen molar-refractivity contribution in [2.45, 2.75) is 24.9 Å². The highest BCUT2D eigenvalue weighted by atomic mass is 35.5. The van der Waals surface area contributed by atoms with Crippen LogP contribution in [0, 0.1) is 6.92 Å². The van der Waals surface area contributed by atoms with Gasteiger partial charge in [0.05, 0.1) is 11.6 Å². The number of hydrogen-bond donors (Lipinski definition) is 2. The average molecular weight is 349 g/mol. The number of halogens is 2. The van der Waals surface area contributed by atoms with Crippen LogP contribution in [0.25, 0.3) is 0 Å². The van der Waals surface area contributed by atoms with Crippen LogP contribution in [0.2, 0.25) is 10.0 Å². The maximum Gasteiger partial charge on any atom is 0.242 e. The number of benzene rings is 1. The van der Waals surface area contributed by atoms with Gasteiger partial charge in [-0.3, -0.25) is 0 Å². The number of nitrogens with one attached hydrogen (secondary N) is 1. The lowest BCUT2D eigenvalue weighted by Crippen LogP contribution is -2.23. The summed E-state index contributed by atoms with van der Waals surface area (Å²) < 4.78 is 32.3. The van der Waals surface area contributed by atoms with Crippen molar-refractivity contribution in [3.8, 4) is 0 Å². The van der Waals surface area contributed by atoms with Crippen molar-refractivity contribution in [3.05, 3.63) is 51.4 Å². The van der Waals surface area contributed by atoms with E-state index in [1.54, 1.807) is 19.1 Å². The quantitative estimate of drug-likeness (QED) is 0.869. The molecule has 1 aromatic heterocycles. The van der Waals surface area contributed by atoms with E-state index in [1.165, 1.54) is 12.1 Å². The lowest BCUT2D eigenvalue weighted by molar-refractivity contribution is 0.475. The Kier molecular flexibility index (Phi) is 4.95. The second-order valence-electron chi connectivity index (χ2n) is 4.38. The molecule has 0 radical (unpaired) electrons. The highest BCUT2D eigenvalue weighted by molar-refractivity contribution is 7.89. The van der Waals surface area contributed by atoms with Crippen molar-refractivity contribution in [3.63, 3.8) is 0 Å². The third kappa shape index (κ3) is 3.59. The van der Waals surface area contributed by atoms with Crippen LogP contribution in [0.4, 0.5) is 0 Å². The fourth-order valence-electron chi connectivity index (χ4n) is 1.79. The SMILES string of the molecule is Cc1ccc(CNS(=O)(=O)c2ccc(Cl)c(CN)c2Cl)o1. The van der Waals surface area contributed by atoms with Crippen LogP contribution in [0.1, 0.15) is 17.1 Å². The minimum absolute atomic E-state index is 0.0348. The zero-order valence-corrected chi connectivity index (χ0v) is 13.5. The van der Waals surface area contributed by atoms with Crippen molar-refractivity contribution < 1.29 is 12.8 Å². The van der Waals surface area contributed by atoms with E-state index < -0.39 is 10.0 Å². The molecule has 0 aliphatic rings. The first kappa shape index (κ1) is 16.3. The van der Waals surface area contributed by atoms with Gasteiger partial charge in [-0.2, -0.15) is 0 Å². The lowest BCUT2D eigenvalue weighted by atomic mass is 10.2. The highest BCUT2D eigenvalue weighted by Crippen LogP contribution is 2.30. The van der Waals surface area contributed by atoms with Gasteiger partial charge in [-0.1, -0.05) is 23.2 Å². The smallest absolute Gasteiger partial charge is 0.242 e. The van der Waals surface area contributed by atoms with E-state index in [-0.39, 0.29) is 23.0 Å². The normalized spacial score (nSPS) is 11.8. The summed E-state index contributed by atoms with van der Waals surface area (Å²) in [7, 11) is -3.79. The number of hydrogen-bond acceptors (Lipinski definition) is 4. The van der Waals surface area contributed by atoms with Gasteiger partial charge in [0, 0.05) is 17.1 Å². The van der Waals surface area contributed by atoms with E-state index in [9.17, 15) is 8.42 Å². The molecule has 2 rings (SSSR count). The molecule has 0 fully saturated rings. The number of furan rings is 1. The largest absolute Gasteiger partial charge is 0.465 e. The number of rotatable bonds is 5. The zero-order valence-electron chi connectivity index (χ0n) is 11.2. The summed E-state index contributed by atoms with van der Waals surface area (Å²) in [6.45, 7) is 1.87. The fourth-order valence-corrected chi connectivity index (χ4v) is 3.72. The van der Waals surface area contributed by atoms with E-state index in [1.807, 2.05) is 0 Å². The zero-order chi connectivity index (χ0) is 15.6. The second kappa shape index (κ2) is 6.37. The summed E-state index contributed by atoms with van der Waals surface area (Å²) >= 11 is 12.0. The minimum atomic E-state index is -3.79. The topological polar surface area (TPSA) is 85.3 Å². The fraction of sp³-hybridized carbons (Fsp3) is 0.231. The molecule has 8 heteroatoms. The van der Waals surface area contributed by atoms with Crippen LogP contribution >= 0.6 is 23.2 Å². The monoisotopic (exact) mass is 348 g/mol. The lowest BCUT2D eigenvalue weighted by Gasteiger charge is -2.11. The summed E-state index contributed by atoms with van der Waals surface area (Å²) in [6, 6.07) is 6.26. The van der Waals surface area contributed by atoms with Crippen LogP contribution in [-0.4, -0.2) is 8.42 Å². The highest BCUT2D eigenvalue weighted by Gasteiger charge is 2.21. The molecule has 1 heterocycles. The van der Waals surface area contributed by atoms with Crippen molar-refractivity contribution in [2.75, 3.05) is 0 Å². The summed E-state index contributed by atoms with van der Waals surface area (Å²) in [5.41, 5.74) is 5.93. The molecular formula is C13H14Cl2N2O3S. The molecule has 0 bridgehead atoms. The number of sulfonamides is 1. The first-order chi connectivity index (χ1) is 9.85. The van der Waals surface area contributed by atoms with Crippen molar-refractivity contribution in [1.29, 1.82) is 0 Å². The third-order valence-corrected chi connectivity index (χ3v) is 5.22. The van der Waals surface area contributed by atoms with Crippen LogP contribution in [0.5, 0.6) is 0 Å².